The minimum Gasteiger partial charge on any atom is -0.352 e. The van der Waals surface area contributed by atoms with Crippen LogP contribution < -0.4 is 15.4 Å². The average Bonchev–Trinajstić information content (AvgIpc) is 3.00. The first-order valence-electron chi connectivity index (χ1n) is 7.05. The second-order valence-electron chi connectivity index (χ2n) is 5.14. The molecule has 0 aliphatic carbocycles. The Bertz CT molecular complexity index is 584. The van der Waals surface area contributed by atoms with Gasteiger partial charge in [-0.15, -0.1) is 12.4 Å². The summed E-state index contributed by atoms with van der Waals surface area (Å²) in [7, 11) is -2.10. The maximum absolute atomic E-state index is 12.0. The molecule has 0 saturated carbocycles. The summed E-state index contributed by atoms with van der Waals surface area (Å²) in [4.78, 5) is 12.1. The van der Waals surface area contributed by atoms with Crippen molar-refractivity contribution in [2.75, 3.05) is 26.7 Å². The van der Waals surface area contributed by atoms with E-state index in [1.165, 1.54) is 31.3 Å². The second-order valence-corrected chi connectivity index (χ2v) is 7.02. The fraction of sp³-hybridized carbons (Fsp3) is 0.500. The van der Waals surface area contributed by atoms with Crippen LogP contribution in [0.5, 0.6) is 0 Å². The SMILES string of the molecule is CNS(=O)(=O)c1ccc(C(=O)NCCC2CCNC2)cc1.Cl. The number of carbonyl (C=O) groups excluding carboxylic acids is 1. The van der Waals surface area contributed by atoms with E-state index in [-0.39, 0.29) is 23.2 Å². The number of hydrogen-bond donors (Lipinski definition) is 3. The minimum absolute atomic E-state index is 0. The first kappa shape index (κ1) is 18.9. The largest absolute Gasteiger partial charge is 0.352 e. The molecule has 3 N–H and O–H groups in total. The number of hydrogen-bond acceptors (Lipinski definition) is 4. The van der Waals surface area contributed by atoms with Gasteiger partial charge in [-0.3, -0.25) is 4.79 Å². The van der Waals surface area contributed by atoms with E-state index in [4.69, 9.17) is 0 Å². The molecule has 1 amide bonds. The molecule has 124 valence electrons. The van der Waals surface area contributed by atoms with Crippen LogP contribution in [-0.4, -0.2) is 41.0 Å². The zero-order valence-corrected chi connectivity index (χ0v) is 14.1. The molecule has 0 aromatic heterocycles. The van der Waals surface area contributed by atoms with Gasteiger partial charge < -0.3 is 10.6 Å². The molecule has 1 aliphatic heterocycles. The predicted octanol–water partition coefficient (Wildman–Crippen LogP) is 0.746. The van der Waals surface area contributed by atoms with Gasteiger partial charge in [-0.2, -0.15) is 0 Å². The lowest BCUT2D eigenvalue weighted by atomic mass is 10.1. The van der Waals surface area contributed by atoms with Crippen LogP contribution in [0.2, 0.25) is 0 Å². The van der Waals surface area contributed by atoms with Gasteiger partial charge in [-0.25, -0.2) is 13.1 Å². The smallest absolute Gasteiger partial charge is 0.251 e. The maximum atomic E-state index is 12.0. The number of nitrogens with one attached hydrogen (secondary N) is 3. The van der Waals surface area contributed by atoms with Crippen LogP contribution >= 0.6 is 12.4 Å². The van der Waals surface area contributed by atoms with E-state index < -0.39 is 10.0 Å². The van der Waals surface area contributed by atoms with Crippen molar-refractivity contribution >= 4 is 28.3 Å². The number of carbonyl (C=O) groups is 1. The van der Waals surface area contributed by atoms with E-state index >= 15 is 0 Å². The van der Waals surface area contributed by atoms with Gasteiger partial charge in [0, 0.05) is 12.1 Å². The van der Waals surface area contributed by atoms with Crippen molar-refractivity contribution in [3.05, 3.63) is 29.8 Å². The number of amides is 1. The van der Waals surface area contributed by atoms with Crippen LogP contribution in [0, 0.1) is 5.92 Å². The van der Waals surface area contributed by atoms with Crippen molar-refractivity contribution in [2.45, 2.75) is 17.7 Å². The Morgan fingerprint density at radius 3 is 2.55 bits per heavy atom. The van der Waals surface area contributed by atoms with Gasteiger partial charge in [0.15, 0.2) is 0 Å². The molecule has 2 rings (SSSR count). The third-order valence-corrected chi connectivity index (χ3v) is 5.13. The Morgan fingerprint density at radius 2 is 2.00 bits per heavy atom. The molecule has 1 fully saturated rings. The number of halogens is 1. The highest BCUT2D eigenvalue weighted by molar-refractivity contribution is 7.89. The van der Waals surface area contributed by atoms with Gasteiger partial charge in [0.2, 0.25) is 10.0 Å². The van der Waals surface area contributed by atoms with Crippen molar-refractivity contribution in [3.63, 3.8) is 0 Å². The lowest BCUT2D eigenvalue weighted by Gasteiger charge is -2.09. The van der Waals surface area contributed by atoms with E-state index in [0.29, 0.717) is 18.0 Å². The summed E-state index contributed by atoms with van der Waals surface area (Å²) in [5.74, 6) is 0.461. The quantitative estimate of drug-likeness (QED) is 0.708. The topological polar surface area (TPSA) is 87.3 Å². The summed E-state index contributed by atoms with van der Waals surface area (Å²) >= 11 is 0. The average molecular weight is 348 g/mol. The van der Waals surface area contributed by atoms with Crippen LogP contribution in [-0.2, 0) is 10.0 Å². The molecule has 6 nitrogen and oxygen atoms in total. The zero-order chi connectivity index (χ0) is 15.3. The van der Waals surface area contributed by atoms with E-state index in [1.807, 2.05) is 0 Å². The molecule has 22 heavy (non-hydrogen) atoms. The number of rotatable bonds is 6. The first-order valence-corrected chi connectivity index (χ1v) is 8.54. The second kappa shape index (κ2) is 8.47. The summed E-state index contributed by atoms with van der Waals surface area (Å²) in [5.41, 5.74) is 0.467. The Balaban J connectivity index is 0.00000242. The van der Waals surface area contributed by atoms with Crippen molar-refractivity contribution in [3.8, 4) is 0 Å². The molecule has 1 heterocycles. The predicted molar refractivity (Wildman–Crippen MR) is 87.9 cm³/mol. The van der Waals surface area contributed by atoms with E-state index in [0.717, 1.165) is 25.9 Å². The summed E-state index contributed by atoms with van der Waals surface area (Å²) in [6, 6.07) is 5.91. The monoisotopic (exact) mass is 347 g/mol. The van der Waals surface area contributed by atoms with Crippen molar-refractivity contribution in [1.82, 2.24) is 15.4 Å². The van der Waals surface area contributed by atoms with Gasteiger partial charge >= 0.3 is 0 Å². The molecule has 1 atom stereocenters. The maximum Gasteiger partial charge on any atom is 0.251 e. The fourth-order valence-electron chi connectivity index (χ4n) is 2.36. The van der Waals surface area contributed by atoms with Crippen LogP contribution in [0.3, 0.4) is 0 Å². The molecule has 0 radical (unpaired) electrons. The fourth-order valence-corrected chi connectivity index (χ4v) is 3.09. The highest BCUT2D eigenvalue weighted by atomic mass is 35.5. The van der Waals surface area contributed by atoms with Gasteiger partial charge in [0.1, 0.15) is 0 Å². The standard InChI is InChI=1S/C14H21N3O3S.ClH/c1-15-21(19,20)13-4-2-12(3-5-13)14(18)17-9-7-11-6-8-16-10-11;/h2-5,11,15-16H,6-10H2,1H3,(H,17,18);1H. The normalized spacial score (nSPS) is 17.8. The van der Waals surface area contributed by atoms with Crippen LogP contribution in [0.15, 0.2) is 29.2 Å². The molecule has 0 bridgehead atoms. The molecule has 0 spiro atoms. The molecule has 1 aromatic carbocycles. The number of benzene rings is 1. The van der Waals surface area contributed by atoms with Gasteiger partial charge in [0.05, 0.1) is 4.90 Å². The van der Waals surface area contributed by atoms with Gasteiger partial charge in [-0.05, 0) is 63.2 Å². The summed E-state index contributed by atoms with van der Waals surface area (Å²) in [6.45, 7) is 2.72. The summed E-state index contributed by atoms with van der Waals surface area (Å²) in [5, 5.41) is 6.16. The highest BCUT2D eigenvalue weighted by Crippen LogP contribution is 2.12. The minimum atomic E-state index is -3.46. The van der Waals surface area contributed by atoms with Crippen molar-refractivity contribution in [1.29, 1.82) is 0 Å². The molecule has 8 heteroatoms. The number of sulfonamides is 1. The van der Waals surface area contributed by atoms with Crippen LogP contribution in [0.25, 0.3) is 0 Å². The lowest BCUT2D eigenvalue weighted by molar-refractivity contribution is 0.0951. The van der Waals surface area contributed by atoms with E-state index in [2.05, 4.69) is 15.4 Å². The molecule has 1 aromatic rings. The molecule has 1 aliphatic rings. The van der Waals surface area contributed by atoms with Gasteiger partial charge in [0.25, 0.3) is 5.91 Å². The summed E-state index contributed by atoms with van der Waals surface area (Å²) in [6.07, 6.45) is 2.12. The zero-order valence-electron chi connectivity index (χ0n) is 12.5. The third kappa shape index (κ3) is 4.95. The van der Waals surface area contributed by atoms with E-state index in [1.54, 1.807) is 0 Å². The Morgan fingerprint density at radius 1 is 1.32 bits per heavy atom. The van der Waals surface area contributed by atoms with Crippen LogP contribution in [0.1, 0.15) is 23.2 Å². The molecular weight excluding hydrogens is 326 g/mol. The first-order chi connectivity index (χ1) is 10.0. The summed E-state index contributed by atoms with van der Waals surface area (Å²) < 4.78 is 25.4. The molecule has 1 saturated heterocycles. The highest BCUT2D eigenvalue weighted by Gasteiger charge is 2.15. The molecular formula is C14H22ClN3O3S. The van der Waals surface area contributed by atoms with Crippen LogP contribution in [0.4, 0.5) is 0 Å². The third-order valence-electron chi connectivity index (χ3n) is 3.70. The Hall–Kier alpha value is -1.15. The van der Waals surface area contributed by atoms with Crippen molar-refractivity contribution < 1.29 is 13.2 Å². The van der Waals surface area contributed by atoms with Crippen molar-refractivity contribution in [2.24, 2.45) is 5.92 Å². The Kier molecular flexibility index (Phi) is 7.28. The molecule has 1 unspecified atom stereocenters. The van der Waals surface area contributed by atoms with Gasteiger partial charge in [-0.1, -0.05) is 0 Å². The Labute approximate surface area is 137 Å². The lowest BCUT2D eigenvalue weighted by Crippen LogP contribution is -2.26. The van der Waals surface area contributed by atoms with E-state index in [9.17, 15) is 13.2 Å².